The predicted octanol–water partition coefficient (Wildman–Crippen LogP) is 2.22. The van der Waals surface area contributed by atoms with Crippen LogP contribution in [0, 0.1) is 5.82 Å². The molecular weight excluding hydrogens is 431 g/mol. The first-order chi connectivity index (χ1) is 14.4. The van der Waals surface area contributed by atoms with Crippen LogP contribution in [0.5, 0.6) is 11.5 Å². The number of benzene rings is 2. The summed E-state index contributed by atoms with van der Waals surface area (Å²) < 4.78 is 51.5. The average molecular weight is 453 g/mol. The number of thioether (sulfide) groups is 1. The Hall–Kier alpha value is -2.30. The summed E-state index contributed by atoms with van der Waals surface area (Å²) >= 11 is 1.39. The Labute approximate surface area is 178 Å². The molecule has 0 N–H and O–H groups in total. The van der Waals surface area contributed by atoms with Crippen molar-refractivity contribution in [2.24, 2.45) is 0 Å². The lowest BCUT2D eigenvalue weighted by Crippen LogP contribution is -2.51. The highest BCUT2D eigenvalue weighted by Gasteiger charge is 2.31. The van der Waals surface area contributed by atoms with Crippen molar-refractivity contribution >= 4 is 27.7 Å². The molecule has 1 fully saturated rings. The highest BCUT2D eigenvalue weighted by molar-refractivity contribution is 8.00. The van der Waals surface area contributed by atoms with Crippen LogP contribution in [0.25, 0.3) is 0 Å². The van der Waals surface area contributed by atoms with Crippen LogP contribution in [-0.4, -0.2) is 68.7 Å². The minimum absolute atomic E-state index is 0.0715. The molecule has 0 aliphatic carbocycles. The Morgan fingerprint density at radius 1 is 1.00 bits per heavy atom. The fourth-order valence-corrected chi connectivity index (χ4v) is 5.64. The van der Waals surface area contributed by atoms with Gasteiger partial charge in [-0.1, -0.05) is 12.1 Å². The van der Waals surface area contributed by atoms with Crippen molar-refractivity contribution < 1.29 is 27.1 Å². The monoisotopic (exact) mass is 452 g/mol. The van der Waals surface area contributed by atoms with Crippen molar-refractivity contribution in [1.82, 2.24) is 9.21 Å². The summed E-state index contributed by atoms with van der Waals surface area (Å²) in [6.07, 6.45) is 0. The van der Waals surface area contributed by atoms with Crippen molar-refractivity contribution in [2.45, 2.75) is 9.79 Å². The molecule has 0 atom stereocenters. The van der Waals surface area contributed by atoms with Gasteiger partial charge < -0.3 is 14.4 Å². The van der Waals surface area contributed by atoms with E-state index < -0.39 is 15.8 Å². The molecule has 0 aromatic heterocycles. The van der Waals surface area contributed by atoms with Gasteiger partial charge in [0, 0.05) is 31.1 Å². The summed E-state index contributed by atoms with van der Waals surface area (Å²) in [6, 6.07) is 10.9. The van der Waals surface area contributed by atoms with Crippen LogP contribution in [0.1, 0.15) is 0 Å². The largest absolute Gasteiger partial charge is 0.486 e. The molecule has 1 saturated heterocycles. The van der Waals surface area contributed by atoms with E-state index in [0.29, 0.717) is 24.7 Å². The van der Waals surface area contributed by atoms with Gasteiger partial charge in [0.2, 0.25) is 15.9 Å². The van der Waals surface area contributed by atoms with E-state index in [1.54, 1.807) is 4.90 Å². The number of carbonyl (C=O) groups is 1. The summed E-state index contributed by atoms with van der Waals surface area (Å²) in [5.41, 5.74) is 0. The van der Waals surface area contributed by atoms with Gasteiger partial charge in [-0.3, -0.25) is 4.79 Å². The second-order valence-corrected chi connectivity index (χ2v) is 9.76. The van der Waals surface area contributed by atoms with Crippen LogP contribution in [0.15, 0.2) is 52.3 Å². The summed E-state index contributed by atoms with van der Waals surface area (Å²) in [7, 11) is -3.92. The Kier molecular flexibility index (Phi) is 6.16. The first kappa shape index (κ1) is 21.0. The third-order valence-corrected chi connectivity index (χ3v) is 7.83. The van der Waals surface area contributed by atoms with Crippen LogP contribution in [-0.2, 0) is 14.8 Å². The number of hydrogen-bond donors (Lipinski definition) is 0. The minimum atomic E-state index is -3.92. The molecule has 0 saturated carbocycles. The van der Waals surface area contributed by atoms with Gasteiger partial charge in [0.25, 0.3) is 0 Å². The van der Waals surface area contributed by atoms with E-state index in [4.69, 9.17) is 9.47 Å². The van der Waals surface area contributed by atoms with Crippen molar-refractivity contribution in [3.05, 3.63) is 48.3 Å². The van der Waals surface area contributed by atoms with Crippen LogP contribution in [0.3, 0.4) is 0 Å². The fourth-order valence-electron chi connectivity index (χ4n) is 3.32. The van der Waals surface area contributed by atoms with E-state index >= 15 is 0 Å². The van der Waals surface area contributed by atoms with Crippen molar-refractivity contribution in [2.75, 3.05) is 45.1 Å². The molecule has 0 spiro atoms. The van der Waals surface area contributed by atoms with E-state index in [-0.39, 0.29) is 42.7 Å². The van der Waals surface area contributed by atoms with E-state index in [1.807, 2.05) is 18.2 Å². The number of sulfonamides is 1. The maximum Gasteiger partial charge on any atom is 0.246 e. The molecule has 0 bridgehead atoms. The second kappa shape index (κ2) is 8.83. The molecule has 0 unspecified atom stereocenters. The summed E-state index contributed by atoms with van der Waals surface area (Å²) in [6.45, 7) is 1.84. The third-order valence-electron chi connectivity index (χ3n) is 4.92. The first-order valence-electron chi connectivity index (χ1n) is 9.50. The lowest BCUT2D eigenvalue weighted by Gasteiger charge is -2.34. The van der Waals surface area contributed by atoms with Crippen LogP contribution < -0.4 is 9.47 Å². The standard InChI is InChI=1S/C20H21FN2O5S2/c21-16-3-1-2-4-19(16)30(25,26)23-9-7-22(8-10-23)20(24)14-29-15-5-6-17-18(13-15)28-12-11-27-17/h1-6,13H,7-12,14H2. The fraction of sp³-hybridized carbons (Fsp3) is 0.350. The van der Waals surface area contributed by atoms with E-state index in [9.17, 15) is 17.6 Å². The van der Waals surface area contributed by atoms with Crippen LogP contribution in [0.4, 0.5) is 4.39 Å². The van der Waals surface area contributed by atoms with Crippen molar-refractivity contribution in [3.8, 4) is 11.5 Å². The molecule has 2 aromatic carbocycles. The van der Waals surface area contributed by atoms with Gasteiger partial charge in [0.1, 0.15) is 23.9 Å². The number of carbonyl (C=O) groups excluding carboxylic acids is 1. The highest BCUT2D eigenvalue weighted by atomic mass is 32.2. The molecule has 4 rings (SSSR count). The zero-order valence-corrected chi connectivity index (χ0v) is 17.8. The van der Waals surface area contributed by atoms with Gasteiger partial charge in [0.05, 0.1) is 5.75 Å². The number of fused-ring (bicyclic) bond motifs is 1. The van der Waals surface area contributed by atoms with E-state index in [1.165, 1.54) is 34.3 Å². The number of halogens is 1. The number of ether oxygens (including phenoxy) is 2. The number of nitrogens with zero attached hydrogens (tertiary/aromatic N) is 2. The molecule has 2 aromatic rings. The van der Waals surface area contributed by atoms with Gasteiger partial charge in [-0.15, -0.1) is 11.8 Å². The first-order valence-corrected chi connectivity index (χ1v) is 11.9. The summed E-state index contributed by atoms with van der Waals surface area (Å²) in [5.74, 6) is 0.763. The topological polar surface area (TPSA) is 76.2 Å². The molecule has 2 heterocycles. The maximum atomic E-state index is 13.9. The number of hydrogen-bond acceptors (Lipinski definition) is 6. The molecule has 2 aliphatic heterocycles. The third kappa shape index (κ3) is 4.40. The van der Waals surface area contributed by atoms with Crippen molar-refractivity contribution in [3.63, 3.8) is 0 Å². The molecular formula is C20H21FN2O5S2. The zero-order valence-electron chi connectivity index (χ0n) is 16.1. The Morgan fingerprint density at radius 2 is 1.70 bits per heavy atom. The van der Waals surface area contributed by atoms with Crippen LogP contribution >= 0.6 is 11.8 Å². The minimum Gasteiger partial charge on any atom is -0.486 e. The van der Waals surface area contributed by atoms with Crippen LogP contribution in [0.2, 0.25) is 0 Å². The summed E-state index contributed by atoms with van der Waals surface area (Å²) in [4.78, 5) is 14.8. The molecule has 30 heavy (non-hydrogen) atoms. The van der Waals surface area contributed by atoms with E-state index in [2.05, 4.69) is 0 Å². The highest BCUT2D eigenvalue weighted by Crippen LogP contribution is 2.34. The number of amides is 1. The SMILES string of the molecule is O=C(CSc1ccc2c(c1)OCCO2)N1CCN(S(=O)(=O)c2ccccc2F)CC1. The Balaban J connectivity index is 1.32. The quantitative estimate of drug-likeness (QED) is 0.648. The Bertz CT molecular complexity index is 1040. The normalized spacial score (nSPS) is 17.0. The summed E-state index contributed by atoms with van der Waals surface area (Å²) in [5, 5.41) is 0. The van der Waals surface area contributed by atoms with Gasteiger partial charge in [-0.05, 0) is 30.3 Å². The Morgan fingerprint density at radius 3 is 2.43 bits per heavy atom. The molecule has 0 radical (unpaired) electrons. The molecule has 2 aliphatic rings. The number of rotatable bonds is 5. The molecule has 160 valence electrons. The maximum absolute atomic E-state index is 13.9. The average Bonchev–Trinajstić information content (AvgIpc) is 2.77. The zero-order chi connectivity index (χ0) is 21.1. The van der Waals surface area contributed by atoms with Gasteiger partial charge in [0.15, 0.2) is 11.5 Å². The predicted molar refractivity (Wildman–Crippen MR) is 110 cm³/mol. The smallest absolute Gasteiger partial charge is 0.246 e. The molecule has 1 amide bonds. The van der Waals surface area contributed by atoms with Gasteiger partial charge >= 0.3 is 0 Å². The molecule has 10 heteroatoms. The van der Waals surface area contributed by atoms with E-state index in [0.717, 1.165) is 11.0 Å². The second-order valence-electron chi connectivity index (χ2n) is 6.81. The van der Waals surface area contributed by atoms with Crippen molar-refractivity contribution in [1.29, 1.82) is 0 Å². The van der Waals surface area contributed by atoms with Gasteiger partial charge in [-0.25, -0.2) is 12.8 Å². The lowest BCUT2D eigenvalue weighted by atomic mass is 10.3. The van der Waals surface area contributed by atoms with Gasteiger partial charge in [-0.2, -0.15) is 4.31 Å². The molecule has 7 nitrogen and oxygen atoms in total. The lowest BCUT2D eigenvalue weighted by molar-refractivity contribution is -0.129. The number of piperazine rings is 1.